The first kappa shape index (κ1) is 30.9. The highest BCUT2D eigenvalue weighted by Crippen LogP contribution is 2.61. The minimum absolute atomic E-state index is 0.132. The van der Waals surface area contributed by atoms with Crippen molar-refractivity contribution in [2.45, 2.75) is 24.9 Å². The number of ether oxygens (including phenoxy) is 1. The Kier molecular flexibility index (Phi) is 6.55. The average molecular weight is 692 g/mol. The molecule has 0 radical (unpaired) electrons. The Morgan fingerprint density at radius 2 is 0.926 bits per heavy atom. The van der Waals surface area contributed by atoms with Gasteiger partial charge >= 0.3 is 0 Å². The number of anilines is 3. The van der Waals surface area contributed by atoms with Crippen LogP contribution in [0.25, 0.3) is 44.5 Å². The zero-order valence-electron chi connectivity index (χ0n) is 30.3. The monoisotopic (exact) mass is 691 g/mol. The van der Waals surface area contributed by atoms with Crippen LogP contribution in [0.1, 0.15) is 41.7 Å². The van der Waals surface area contributed by atoms with Gasteiger partial charge in [0.1, 0.15) is 5.75 Å². The van der Waals surface area contributed by atoms with Crippen molar-refractivity contribution in [2.75, 3.05) is 4.90 Å². The molecule has 2 heteroatoms. The third kappa shape index (κ3) is 4.22. The van der Waals surface area contributed by atoms with Crippen LogP contribution in [0, 0.1) is 0 Å². The van der Waals surface area contributed by atoms with Crippen molar-refractivity contribution in [3.63, 3.8) is 0 Å². The molecule has 2 aliphatic carbocycles. The van der Waals surface area contributed by atoms with Crippen molar-refractivity contribution in [3.8, 4) is 50.3 Å². The van der Waals surface area contributed by atoms with E-state index in [2.05, 4.69) is 207 Å². The summed E-state index contributed by atoms with van der Waals surface area (Å²) in [6, 6.07) is 68.5. The summed E-state index contributed by atoms with van der Waals surface area (Å²) in [5.74, 6) is 0.901. The van der Waals surface area contributed by atoms with Crippen molar-refractivity contribution < 1.29 is 4.74 Å². The lowest BCUT2D eigenvalue weighted by Gasteiger charge is -2.39. The van der Waals surface area contributed by atoms with Crippen LogP contribution in [0.4, 0.5) is 17.1 Å². The summed E-state index contributed by atoms with van der Waals surface area (Å²) >= 11 is 0. The third-order valence-corrected chi connectivity index (χ3v) is 12.0. The van der Waals surface area contributed by atoms with E-state index in [4.69, 9.17) is 4.74 Å². The Balaban J connectivity index is 1.17. The molecule has 1 atom stereocenters. The number of nitrogens with zero attached hydrogens (tertiary/aromatic N) is 1. The first-order valence-electron chi connectivity index (χ1n) is 18.9. The molecule has 8 aromatic carbocycles. The topological polar surface area (TPSA) is 12.5 Å². The predicted octanol–water partition coefficient (Wildman–Crippen LogP) is 13.5. The fourth-order valence-corrected chi connectivity index (χ4v) is 9.57. The molecule has 0 bridgehead atoms. The van der Waals surface area contributed by atoms with Crippen LogP contribution in [-0.2, 0) is 11.0 Å². The molecule has 256 valence electrons. The van der Waals surface area contributed by atoms with E-state index in [-0.39, 0.29) is 5.41 Å². The SMILES string of the molecule is CC1(C)c2ccccc2-c2ccc(N(c3ccc(-c4ccccc4)cc3)c3cccc4c3-c3ccccc3C43Oc4ccccc4-c4ccccc43)cc21. The van der Waals surface area contributed by atoms with Gasteiger partial charge in [0.2, 0.25) is 0 Å². The van der Waals surface area contributed by atoms with Crippen molar-refractivity contribution in [2.24, 2.45) is 0 Å². The van der Waals surface area contributed by atoms with E-state index in [0.29, 0.717) is 0 Å². The Morgan fingerprint density at radius 3 is 1.69 bits per heavy atom. The van der Waals surface area contributed by atoms with Gasteiger partial charge in [0.25, 0.3) is 0 Å². The molecule has 54 heavy (non-hydrogen) atoms. The second-order valence-corrected chi connectivity index (χ2v) is 15.2. The van der Waals surface area contributed by atoms with Crippen LogP contribution < -0.4 is 9.64 Å². The maximum Gasteiger partial charge on any atom is 0.186 e. The Morgan fingerprint density at radius 1 is 0.389 bits per heavy atom. The number of para-hydroxylation sites is 1. The molecule has 0 saturated heterocycles. The maximum absolute atomic E-state index is 7.38. The summed E-state index contributed by atoms with van der Waals surface area (Å²) in [6.07, 6.45) is 0. The molecule has 3 aliphatic rings. The van der Waals surface area contributed by atoms with E-state index in [9.17, 15) is 0 Å². The minimum atomic E-state index is -0.808. The summed E-state index contributed by atoms with van der Waals surface area (Å²) in [7, 11) is 0. The molecule has 1 spiro atoms. The molecule has 1 aliphatic heterocycles. The summed E-state index contributed by atoms with van der Waals surface area (Å²) in [5, 5.41) is 0. The van der Waals surface area contributed by atoms with Gasteiger partial charge in [-0.25, -0.2) is 0 Å². The Hall–Kier alpha value is -6.64. The third-order valence-electron chi connectivity index (χ3n) is 12.0. The van der Waals surface area contributed by atoms with Crippen LogP contribution in [0.15, 0.2) is 188 Å². The molecular weight excluding hydrogens is 655 g/mol. The first-order chi connectivity index (χ1) is 26.5. The van der Waals surface area contributed by atoms with E-state index in [0.717, 1.165) is 33.9 Å². The molecule has 1 heterocycles. The molecule has 0 saturated carbocycles. The second-order valence-electron chi connectivity index (χ2n) is 15.2. The van der Waals surface area contributed by atoms with E-state index in [1.54, 1.807) is 0 Å². The van der Waals surface area contributed by atoms with Crippen LogP contribution in [0.3, 0.4) is 0 Å². The lowest BCUT2D eigenvalue weighted by molar-refractivity contribution is 0.157. The van der Waals surface area contributed by atoms with E-state index in [1.165, 1.54) is 61.2 Å². The minimum Gasteiger partial charge on any atom is -0.472 e. The second kappa shape index (κ2) is 11.4. The van der Waals surface area contributed by atoms with Crippen molar-refractivity contribution in [1.29, 1.82) is 0 Å². The van der Waals surface area contributed by atoms with Crippen LogP contribution in [0.2, 0.25) is 0 Å². The van der Waals surface area contributed by atoms with E-state index < -0.39 is 5.60 Å². The first-order valence-corrected chi connectivity index (χ1v) is 18.9. The molecule has 0 fully saturated rings. The highest BCUT2D eigenvalue weighted by Gasteiger charge is 2.51. The fourth-order valence-electron chi connectivity index (χ4n) is 9.57. The van der Waals surface area contributed by atoms with Crippen LogP contribution >= 0.6 is 0 Å². The van der Waals surface area contributed by atoms with Crippen molar-refractivity contribution in [3.05, 3.63) is 216 Å². The zero-order chi connectivity index (χ0) is 36.0. The van der Waals surface area contributed by atoms with Gasteiger partial charge in [-0.15, -0.1) is 0 Å². The summed E-state index contributed by atoms with van der Waals surface area (Å²) in [6.45, 7) is 4.71. The lowest BCUT2D eigenvalue weighted by Crippen LogP contribution is -2.36. The quantitative estimate of drug-likeness (QED) is 0.182. The van der Waals surface area contributed by atoms with E-state index in [1.807, 2.05) is 0 Å². The molecule has 2 nitrogen and oxygen atoms in total. The number of hydrogen-bond donors (Lipinski definition) is 0. The standard InChI is InChI=1S/C52H37NO/c1-51(2)43-21-10-6-17-38(43)40-32-31-37(33-47(40)51)53(36-29-27-35(28-30-36)34-15-4-3-5-16-34)48-25-14-24-46-50(48)42-20-8-12-23-45(42)52(46)44-22-11-7-18-39(44)41-19-9-13-26-49(41)54-52/h3-33H,1-2H3. The van der Waals surface area contributed by atoms with Crippen molar-refractivity contribution in [1.82, 2.24) is 0 Å². The zero-order valence-corrected chi connectivity index (χ0v) is 30.3. The normalized spacial score (nSPS) is 16.3. The molecule has 11 rings (SSSR count). The Labute approximate surface area is 316 Å². The van der Waals surface area contributed by atoms with E-state index >= 15 is 0 Å². The molecule has 1 unspecified atom stereocenters. The number of hydrogen-bond acceptors (Lipinski definition) is 2. The van der Waals surface area contributed by atoms with Gasteiger partial charge in [0.15, 0.2) is 5.60 Å². The van der Waals surface area contributed by atoms with Crippen LogP contribution in [-0.4, -0.2) is 0 Å². The smallest absolute Gasteiger partial charge is 0.186 e. The number of benzene rings is 8. The molecule has 8 aromatic rings. The highest BCUT2D eigenvalue weighted by atomic mass is 16.5. The van der Waals surface area contributed by atoms with Gasteiger partial charge in [-0.1, -0.05) is 166 Å². The summed E-state index contributed by atoms with van der Waals surface area (Å²) < 4.78 is 7.38. The molecular formula is C52H37NO. The number of fused-ring (bicyclic) bond motifs is 12. The highest BCUT2D eigenvalue weighted by molar-refractivity contribution is 5.98. The fraction of sp³-hybridized carbons (Fsp3) is 0.0769. The Bertz CT molecular complexity index is 2780. The van der Waals surface area contributed by atoms with Gasteiger partial charge in [-0.2, -0.15) is 0 Å². The lowest BCUT2D eigenvalue weighted by atomic mass is 9.78. The largest absolute Gasteiger partial charge is 0.472 e. The predicted molar refractivity (Wildman–Crippen MR) is 222 cm³/mol. The summed E-state index contributed by atoms with van der Waals surface area (Å²) in [5.41, 5.74) is 18.4. The van der Waals surface area contributed by atoms with Gasteiger partial charge in [-0.05, 0) is 80.9 Å². The van der Waals surface area contributed by atoms with Crippen molar-refractivity contribution >= 4 is 17.1 Å². The average Bonchev–Trinajstić information content (AvgIpc) is 3.64. The molecule has 0 N–H and O–H groups in total. The van der Waals surface area contributed by atoms with Gasteiger partial charge < -0.3 is 9.64 Å². The van der Waals surface area contributed by atoms with Crippen LogP contribution in [0.5, 0.6) is 5.75 Å². The summed E-state index contributed by atoms with van der Waals surface area (Å²) in [4.78, 5) is 2.46. The number of rotatable bonds is 4. The maximum atomic E-state index is 7.38. The van der Waals surface area contributed by atoms with Gasteiger partial charge in [-0.3, -0.25) is 0 Å². The molecule has 0 amide bonds. The van der Waals surface area contributed by atoms with Gasteiger partial charge in [0, 0.05) is 44.6 Å². The van der Waals surface area contributed by atoms with Gasteiger partial charge in [0.05, 0.1) is 5.69 Å². The molecule has 0 aromatic heterocycles.